The first kappa shape index (κ1) is 14.7. The van der Waals surface area contributed by atoms with Crippen molar-refractivity contribution in [1.82, 2.24) is 10.3 Å². The highest BCUT2D eigenvalue weighted by Crippen LogP contribution is 2.15. The lowest BCUT2D eigenvalue weighted by atomic mass is 10.2. The highest BCUT2D eigenvalue weighted by molar-refractivity contribution is 5.95. The minimum atomic E-state index is -0.975. The molecule has 0 fully saturated rings. The van der Waals surface area contributed by atoms with Crippen LogP contribution in [-0.4, -0.2) is 34.6 Å². The van der Waals surface area contributed by atoms with Gasteiger partial charge in [-0.3, -0.25) is 9.59 Å². The molecule has 1 rings (SSSR count). The summed E-state index contributed by atoms with van der Waals surface area (Å²) in [6.07, 6.45) is 2.88. The zero-order valence-electron chi connectivity index (χ0n) is 10.6. The molecule has 1 atom stereocenters. The Kier molecular flexibility index (Phi) is 5.53. The van der Waals surface area contributed by atoms with Crippen molar-refractivity contribution in [2.24, 2.45) is 0 Å². The van der Waals surface area contributed by atoms with Gasteiger partial charge in [0.2, 0.25) is 0 Å². The van der Waals surface area contributed by atoms with Crippen LogP contribution in [0.4, 0.5) is 0 Å². The number of nitrogens with one attached hydrogen (secondary N) is 1. The van der Waals surface area contributed by atoms with Gasteiger partial charge in [-0.1, -0.05) is 12.7 Å². The number of hydrogen-bond acceptors (Lipinski definition) is 4. The Morgan fingerprint density at radius 3 is 3.00 bits per heavy atom. The predicted octanol–water partition coefficient (Wildman–Crippen LogP) is 1.24. The molecule has 102 valence electrons. The Labute approximate surface area is 111 Å². The Hall–Kier alpha value is -2.37. The number of nitrogens with zero attached hydrogens (tertiary/aromatic N) is 1. The van der Waals surface area contributed by atoms with E-state index >= 15 is 0 Å². The van der Waals surface area contributed by atoms with Crippen molar-refractivity contribution < 1.29 is 19.4 Å². The number of carbonyl (C=O) groups is 2. The van der Waals surface area contributed by atoms with E-state index in [0.717, 1.165) is 0 Å². The van der Waals surface area contributed by atoms with E-state index in [1.165, 1.54) is 6.20 Å². The normalized spacial score (nSPS) is 11.4. The minimum absolute atomic E-state index is 0.126. The van der Waals surface area contributed by atoms with E-state index in [1.807, 2.05) is 0 Å². The molecule has 0 spiro atoms. The van der Waals surface area contributed by atoms with Gasteiger partial charge >= 0.3 is 5.97 Å². The molecule has 0 aromatic carbocycles. The molecule has 1 aromatic rings. The number of aliphatic carboxylic acids is 1. The van der Waals surface area contributed by atoms with Gasteiger partial charge in [-0.15, -0.1) is 0 Å². The maximum absolute atomic E-state index is 11.9. The van der Waals surface area contributed by atoms with Gasteiger partial charge in [0.1, 0.15) is 6.61 Å². The summed E-state index contributed by atoms with van der Waals surface area (Å²) in [6.45, 7) is 5.39. The van der Waals surface area contributed by atoms with Gasteiger partial charge in [0, 0.05) is 12.2 Å². The third kappa shape index (κ3) is 4.79. The van der Waals surface area contributed by atoms with Crippen LogP contribution < -0.4 is 10.1 Å². The largest absolute Gasteiger partial charge is 0.487 e. The molecule has 0 saturated carbocycles. The van der Waals surface area contributed by atoms with Crippen molar-refractivity contribution in [3.63, 3.8) is 0 Å². The highest BCUT2D eigenvalue weighted by Gasteiger charge is 2.17. The van der Waals surface area contributed by atoms with Gasteiger partial charge in [0.15, 0.2) is 11.4 Å². The van der Waals surface area contributed by atoms with Gasteiger partial charge in [-0.25, -0.2) is 4.98 Å². The molecule has 1 amide bonds. The molecule has 0 aliphatic rings. The lowest BCUT2D eigenvalue weighted by Gasteiger charge is -2.13. The number of amides is 1. The predicted molar refractivity (Wildman–Crippen MR) is 69.1 cm³/mol. The summed E-state index contributed by atoms with van der Waals surface area (Å²) in [4.78, 5) is 26.4. The molecule has 1 aromatic heterocycles. The molecule has 1 unspecified atom stereocenters. The Morgan fingerprint density at radius 2 is 2.37 bits per heavy atom. The maximum Gasteiger partial charge on any atom is 0.305 e. The summed E-state index contributed by atoms with van der Waals surface area (Å²) >= 11 is 0. The van der Waals surface area contributed by atoms with Crippen molar-refractivity contribution in [2.45, 2.75) is 19.4 Å². The smallest absolute Gasteiger partial charge is 0.305 e. The van der Waals surface area contributed by atoms with Gasteiger partial charge in [-0.05, 0) is 19.1 Å². The molecule has 0 radical (unpaired) electrons. The number of carboxylic acid groups (broad SMARTS) is 1. The van der Waals surface area contributed by atoms with E-state index in [1.54, 1.807) is 25.1 Å². The van der Waals surface area contributed by atoms with E-state index in [9.17, 15) is 9.59 Å². The number of carboxylic acids is 1. The zero-order valence-corrected chi connectivity index (χ0v) is 10.6. The van der Waals surface area contributed by atoms with Crippen LogP contribution >= 0.6 is 0 Å². The first-order valence-corrected chi connectivity index (χ1v) is 5.76. The number of pyridine rings is 1. The van der Waals surface area contributed by atoms with Gasteiger partial charge in [0.25, 0.3) is 5.91 Å². The molecular formula is C13H16N2O4. The summed E-state index contributed by atoms with van der Waals surface area (Å²) in [6, 6.07) is 2.78. The van der Waals surface area contributed by atoms with Crippen molar-refractivity contribution in [1.29, 1.82) is 0 Å². The Bertz CT molecular complexity index is 473. The second-order valence-corrected chi connectivity index (χ2v) is 3.92. The average molecular weight is 264 g/mol. The molecule has 6 nitrogen and oxygen atoms in total. The number of aromatic nitrogens is 1. The van der Waals surface area contributed by atoms with Crippen LogP contribution in [0.3, 0.4) is 0 Å². The van der Waals surface area contributed by atoms with E-state index in [-0.39, 0.29) is 18.7 Å². The van der Waals surface area contributed by atoms with Gasteiger partial charge < -0.3 is 15.2 Å². The summed E-state index contributed by atoms with van der Waals surface area (Å²) in [5.74, 6) is -1.10. The lowest BCUT2D eigenvalue weighted by Crippen LogP contribution is -2.34. The first-order valence-electron chi connectivity index (χ1n) is 5.76. The molecular weight excluding hydrogens is 248 g/mol. The Balaban J connectivity index is 2.75. The quantitative estimate of drug-likeness (QED) is 0.723. The summed E-state index contributed by atoms with van der Waals surface area (Å²) < 4.78 is 5.31. The number of carbonyl (C=O) groups excluding carboxylic acids is 1. The number of ether oxygens (including phenoxy) is 1. The van der Waals surface area contributed by atoms with Gasteiger partial charge in [-0.2, -0.15) is 0 Å². The van der Waals surface area contributed by atoms with Crippen molar-refractivity contribution >= 4 is 11.9 Å². The summed E-state index contributed by atoms with van der Waals surface area (Å²) in [7, 11) is 0. The van der Waals surface area contributed by atoms with E-state index in [2.05, 4.69) is 16.9 Å². The zero-order chi connectivity index (χ0) is 14.3. The molecule has 0 bridgehead atoms. The van der Waals surface area contributed by atoms with Crippen LogP contribution in [0.15, 0.2) is 31.0 Å². The van der Waals surface area contributed by atoms with Crippen molar-refractivity contribution in [2.75, 3.05) is 6.61 Å². The van der Waals surface area contributed by atoms with Crippen LogP contribution in [-0.2, 0) is 4.79 Å². The molecule has 0 saturated heterocycles. The van der Waals surface area contributed by atoms with Gasteiger partial charge in [0.05, 0.1) is 6.42 Å². The third-order valence-electron chi connectivity index (χ3n) is 2.20. The highest BCUT2D eigenvalue weighted by atomic mass is 16.5. The monoisotopic (exact) mass is 264 g/mol. The van der Waals surface area contributed by atoms with Crippen molar-refractivity contribution in [3.05, 3.63) is 36.7 Å². The molecule has 0 aliphatic heterocycles. The summed E-state index contributed by atoms with van der Waals surface area (Å²) in [5.41, 5.74) is 0.126. The first-order chi connectivity index (χ1) is 9.04. The van der Waals surface area contributed by atoms with Crippen LogP contribution in [0.1, 0.15) is 23.8 Å². The SMILES string of the molecule is C=CCOc1cccnc1C(=O)NC(C)CC(=O)O. The van der Waals surface area contributed by atoms with Crippen LogP contribution in [0, 0.1) is 0 Å². The number of rotatable bonds is 7. The van der Waals surface area contributed by atoms with E-state index in [4.69, 9.17) is 9.84 Å². The van der Waals surface area contributed by atoms with Crippen molar-refractivity contribution in [3.8, 4) is 5.75 Å². The van der Waals surface area contributed by atoms with Crippen LogP contribution in [0.5, 0.6) is 5.75 Å². The standard InChI is InChI=1S/C13H16N2O4/c1-3-7-19-10-5-4-6-14-12(10)13(18)15-9(2)8-11(16)17/h3-6,9H,1,7-8H2,2H3,(H,15,18)(H,16,17). The fourth-order valence-electron chi connectivity index (χ4n) is 1.43. The molecule has 19 heavy (non-hydrogen) atoms. The molecule has 1 heterocycles. The van der Waals surface area contributed by atoms with E-state index in [0.29, 0.717) is 5.75 Å². The fraction of sp³-hybridized carbons (Fsp3) is 0.308. The topological polar surface area (TPSA) is 88.5 Å². The molecule has 6 heteroatoms. The Morgan fingerprint density at radius 1 is 1.63 bits per heavy atom. The second kappa shape index (κ2) is 7.15. The average Bonchev–Trinajstić information content (AvgIpc) is 2.35. The molecule has 0 aliphatic carbocycles. The third-order valence-corrected chi connectivity index (χ3v) is 2.20. The fourth-order valence-corrected chi connectivity index (χ4v) is 1.43. The van der Waals surface area contributed by atoms with Crippen LogP contribution in [0.2, 0.25) is 0 Å². The maximum atomic E-state index is 11.9. The lowest BCUT2D eigenvalue weighted by molar-refractivity contribution is -0.137. The minimum Gasteiger partial charge on any atom is -0.487 e. The summed E-state index contributed by atoms with van der Waals surface area (Å²) in [5, 5.41) is 11.2. The second-order valence-electron chi connectivity index (χ2n) is 3.92. The van der Waals surface area contributed by atoms with E-state index < -0.39 is 17.9 Å². The van der Waals surface area contributed by atoms with Crippen LogP contribution in [0.25, 0.3) is 0 Å². The molecule has 2 N–H and O–H groups in total. The number of hydrogen-bond donors (Lipinski definition) is 2.